The quantitative estimate of drug-likeness (QED) is 0.902. The lowest BCUT2D eigenvalue weighted by molar-refractivity contribution is 0.440. The van der Waals surface area contributed by atoms with Crippen LogP contribution in [0.2, 0.25) is 0 Å². The molecule has 2 aromatic heterocycles. The van der Waals surface area contributed by atoms with Crippen molar-refractivity contribution in [3.8, 4) is 0 Å². The third-order valence-corrected chi connectivity index (χ3v) is 3.76. The Kier molecular flexibility index (Phi) is 3.19. The van der Waals surface area contributed by atoms with Crippen LogP contribution in [0.5, 0.6) is 0 Å². The fourth-order valence-corrected chi connectivity index (χ4v) is 2.88. The summed E-state index contributed by atoms with van der Waals surface area (Å²) in [5.74, 6) is 1.06. The van der Waals surface area contributed by atoms with Gasteiger partial charge in [0.1, 0.15) is 11.4 Å². The number of nitrogens with zero attached hydrogens (tertiary/aromatic N) is 2. The van der Waals surface area contributed by atoms with Gasteiger partial charge >= 0.3 is 0 Å². The van der Waals surface area contributed by atoms with Crippen LogP contribution in [-0.2, 0) is 0 Å². The van der Waals surface area contributed by atoms with Crippen LogP contribution >= 0.6 is 0 Å². The zero-order valence-corrected chi connectivity index (χ0v) is 10.5. The largest absolute Gasteiger partial charge is 0.464 e. The Hall–Kier alpha value is -1.55. The molecule has 96 valence electrons. The number of anilines is 1. The zero-order valence-electron chi connectivity index (χ0n) is 10.5. The number of hydrogen-bond acceptors (Lipinski definition) is 4. The van der Waals surface area contributed by atoms with Crippen molar-refractivity contribution in [2.24, 2.45) is 5.73 Å². The zero-order chi connectivity index (χ0) is 12.4. The van der Waals surface area contributed by atoms with Gasteiger partial charge < -0.3 is 15.1 Å². The average molecular weight is 245 g/mol. The third-order valence-electron chi connectivity index (χ3n) is 3.76. The van der Waals surface area contributed by atoms with Crippen molar-refractivity contribution in [2.45, 2.75) is 31.7 Å². The molecule has 4 heteroatoms. The summed E-state index contributed by atoms with van der Waals surface area (Å²) in [7, 11) is 0. The molecule has 0 spiro atoms. The molecular weight excluding hydrogens is 226 g/mol. The van der Waals surface area contributed by atoms with Gasteiger partial charge in [-0.25, -0.2) is 4.98 Å². The highest BCUT2D eigenvalue weighted by molar-refractivity contribution is 5.88. The van der Waals surface area contributed by atoms with Crippen LogP contribution in [0, 0.1) is 0 Å². The van der Waals surface area contributed by atoms with Crippen LogP contribution in [0.1, 0.15) is 25.7 Å². The highest BCUT2D eigenvalue weighted by Crippen LogP contribution is 2.31. The molecule has 0 saturated carbocycles. The minimum atomic E-state index is 0.525. The molecule has 0 amide bonds. The fourth-order valence-electron chi connectivity index (χ4n) is 2.88. The number of fused-ring (bicyclic) bond motifs is 1. The second kappa shape index (κ2) is 4.98. The monoisotopic (exact) mass is 245 g/mol. The predicted octanol–water partition coefficient (Wildman–Crippen LogP) is 2.54. The first-order chi connectivity index (χ1) is 8.90. The molecule has 2 aromatic rings. The molecule has 1 saturated heterocycles. The summed E-state index contributed by atoms with van der Waals surface area (Å²) in [4.78, 5) is 6.97. The highest BCUT2D eigenvalue weighted by Gasteiger charge is 2.24. The minimum absolute atomic E-state index is 0.525. The molecule has 0 aromatic carbocycles. The van der Waals surface area contributed by atoms with Gasteiger partial charge in [0.05, 0.1) is 11.6 Å². The number of piperidine rings is 1. The number of furan rings is 1. The molecular formula is C14H19N3O. The van der Waals surface area contributed by atoms with E-state index in [1.807, 2.05) is 18.3 Å². The Labute approximate surface area is 107 Å². The first-order valence-corrected chi connectivity index (χ1v) is 6.69. The Morgan fingerprint density at radius 3 is 3.22 bits per heavy atom. The van der Waals surface area contributed by atoms with Gasteiger partial charge in [-0.1, -0.05) is 0 Å². The summed E-state index contributed by atoms with van der Waals surface area (Å²) in [6, 6.07) is 4.45. The van der Waals surface area contributed by atoms with Crippen molar-refractivity contribution in [1.29, 1.82) is 0 Å². The first kappa shape index (κ1) is 11.5. The van der Waals surface area contributed by atoms with E-state index in [-0.39, 0.29) is 0 Å². The summed E-state index contributed by atoms with van der Waals surface area (Å²) < 4.78 is 5.45. The summed E-state index contributed by atoms with van der Waals surface area (Å²) in [6.07, 6.45) is 8.34. The second-order valence-electron chi connectivity index (χ2n) is 4.89. The minimum Gasteiger partial charge on any atom is -0.464 e. The molecule has 0 radical (unpaired) electrons. The molecule has 4 nitrogen and oxygen atoms in total. The van der Waals surface area contributed by atoms with Crippen molar-refractivity contribution in [1.82, 2.24) is 4.98 Å². The topological polar surface area (TPSA) is 55.3 Å². The molecule has 1 atom stereocenters. The molecule has 2 N–H and O–H groups in total. The Morgan fingerprint density at radius 2 is 2.33 bits per heavy atom. The van der Waals surface area contributed by atoms with E-state index in [2.05, 4.69) is 9.88 Å². The first-order valence-electron chi connectivity index (χ1n) is 6.69. The van der Waals surface area contributed by atoms with E-state index in [9.17, 15) is 0 Å². The predicted molar refractivity (Wildman–Crippen MR) is 72.7 cm³/mol. The molecule has 3 heterocycles. The number of aromatic nitrogens is 1. The fraction of sp³-hybridized carbons (Fsp3) is 0.500. The highest BCUT2D eigenvalue weighted by atomic mass is 16.3. The number of rotatable bonds is 3. The number of hydrogen-bond donors (Lipinski definition) is 1. The maximum Gasteiger partial charge on any atom is 0.139 e. The molecule has 1 fully saturated rings. The van der Waals surface area contributed by atoms with E-state index < -0.39 is 0 Å². The SMILES string of the molecule is NCCC1CCCCN1c1nccc2occc12. The number of pyridine rings is 1. The van der Waals surface area contributed by atoms with Gasteiger partial charge in [-0.2, -0.15) is 0 Å². The molecule has 0 bridgehead atoms. The van der Waals surface area contributed by atoms with Crippen LogP contribution < -0.4 is 10.6 Å². The summed E-state index contributed by atoms with van der Waals surface area (Å²) >= 11 is 0. The lowest BCUT2D eigenvalue weighted by atomic mass is 9.99. The third kappa shape index (κ3) is 1.97. The maximum atomic E-state index is 5.73. The van der Waals surface area contributed by atoms with E-state index in [1.165, 1.54) is 19.3 Å². The lowest BCUT2D eigenvalue weighted by Crippen LogP contribution is -2.41. The molecule has 1 aliphatic rings. The molecule has 0 aliphatic carbocycles. The van der Waals surface area contributed by atoms with Crippen molar-refractivity contribution in [3.63, 3.8) is 0 Å². The summed E-state index contributed by atoms with van der Waals surface area (Å²) in [5.41, 5.74) is 6.64. The van der Waals surface area contributed by atoms with Gasteiger partial charge in [0.15, 0.2) is 0 Å². The van der Waals surface area contributed by atoms with Crippen molar-refractivity contribution >= 4 is 16.8 Å². The lowest BCUT2D eigenvalue weighted by Gasteiger charge is -2.36. The van der Waals surface area contributed by atoms with Gasteiger partial charge in [-0.3, -0.25) is 0 Å². The Balaban J connectivity index is 1.98. The van der Waals surface area contributed by atoms with Crippen LogP contribution in [0.25, 0.3) is 11.0 Å². The Morgan fingerprint density at radius 1 is 1.39 bits per heavy atom. The van der Waals surface area contributed by atoms with Crippen molar-refractivity contribution in [3.05, 3.63) is 24.6 Å². The van der Waals surface area contributed by atoms with E-state index in [1.54, 1.807) is 6.26 Å². The van der Waals surface area contributed by atoms with Crippen LogP contribution in [0.3, 0.4) is 0 Å². The molecule has 3 rings (SSSR count). The normalized spacial score (nSPS) is 20.5. The summed E-state index contributed by atoms with van der Waals surface area (Å²) in [6.45, 7) is 1.81. The van der Waals surface area contributed by atoms with E-state index in [0.717, 1.165) is 36.3 Å². The van der Waals surface area contributed by atoms with Crippen LogP contribution in [0.4, 0.5) is 5.82 Å². The van der Waals surface area contributed by atoms with Crippen LogP contribution in [0.15, 0.2) is 29.0 Å². The molecule has 1 aliphatic heterocycles. The van der Waals surface area contributed by atoms with Crippen molar-refractivity contribution in [2.75, 3.05) is 18.0 Å². The number of nitrogens with two attached hydrogens (primary N) is 1. The summed E-state index contributed by atoms with van der Waals surface area (Å²) in [5, 5.41) is 1.11. The average Bonchev–Trinajstić information content (AvgIpc) is 2.88. The van der Waals surface area contributed by atoms with Gasteiger partial charge in [-0.15, -0.1) is 0 Å². The second-order valence-corrected chi connectivity index (χ2v) is 4.89. The van der Waals surface area contributed by atoms with E-state index >= 15 is 0 Å². The van der Waals surface area contributed by atoms with E-state index in [0.29, 0.717) is 6.04 Å². The van der Waals surface area contributed by atoms with E-state index in [4.69, 9.17) is 10.2 Å². The molecule has 1 unspecified atom stereocenters. The maximum absolute atomic E-state index is 5.73. The van der Waals surface area contributed by atoms with Crippen molar-refractivity contribution < 1.29 is 4.42 Å². The standard InChI is InChI=1S/C14H19N3O/c15-7-4-11-3-1-2-9-17(11)14-12-6-10-18-13(12)5-8-16-14/h5-6,8,10-11H,1-4,7,9,15H2. The van der Waals surface area contributed by atoms with Gasteiger partial charge in [0.25, 0.3) is 0 Å². The smallest absolute Gasteiger partial charge is 0.139 e. The molecule has 18 heavy (non-hydrogen) atoms. The Bertz CT molecular complexity index is 520. The van der Waals surface area contributed by atoms with Gasteiger partial charge in [0.2, 0.25) is 0 Å². The van der Waals surface area contributed by atoms with Gasteiger partial charge in [-0.05, 0) is 44.4 Å². The van der Waals surface area contributed by atoms with Gasteiger partial charge in [0, 0.05) is 18.8 Å². The van der Waals surface area contributed by atoms with Crippen LogP contribution in [-0.4, -0.2) is 24.1 Å².